The summed E-state index contributed by atoms with van der Waals surface area (Å²) >= 11 is 0. The SMILES string of the molecule is CC.CCCOCC(=O)NCC#CC(C)C. The van der Waals surface area contributed by atoms with Crippen LogP contribution in [0.3, 0.4) is 0 Å². The van der Waals surface area contributed by atoms with E-state index in [1.165, 1.54) is 0 Å². The van der Waals surface area contributed by atoms with E-state index < -0.39 is 0 Å². The summed E-state index contributed by atoms with van der Waals surface area (Å²) in [5, 5.41) is 2.66. The summed E-state index contributed by atoms with van der Waals surface area (Å²) in [4.78, 5) is 11.1. The lowest BCUT2D eigenvalue weighted by Crippen LogP contribution is -2.28. The monoisotopic (exact) mass is 227 g/mol. The van der Waals surface area contributed by atoms with E-state index in [1.54, 1.807) is 0 Å². The fourth-order valence-electron chi connectivity index (χ4n) is 0.758. The summed E-state index contributed by atoms with van der Waals surface area (Å²) in [5.41, 5.74) is 0. The van der Waals surface area contributed by atoms with Gasteiger partial charge in [0, 0.05) is 12.5 Å². The van der Waals surface area contributed by atoms with Gasteiger partial charge in [-0.3, -0.25) is 4.79 Å². The standard InChI is InChI=1S/C11H19NO2.C2H6/c1-4-8-14-9-11(13)12-7-5-6-10(2)3;1-2/h10H,4,7-9H2,1-3H3,(H,12,13);1-2H3. The van der Waals surface area contributed by atoms with Crippen molar-refractivity contribution < 1.29 is 9.53 Å². The second kappa shape index (κ2) is 14.0. The number of carbonyl (C=O) groups is 1. The molecule has 0 fully saturated rings. The Hall–Kier alpha value is -1.01. The van der Waals surface area contributed by atoms with Crippen LogP contribution in [0.5, 0.6) is 0 Å². The van der Waals surface area contributed by atoms with Gasteiger partial charge in [0.25, 0.3) is 0 Å². The minimum atomic E-state index is -0.100. The maximum absolute atomic E-state index is 11.1. The van der Waals surface area contributed by atoms with Gasteiger partial charge in [-0.05, 0) is 6.42 Å². The predicted molar refractivity (Wildman–Crippen MR) is 68.1 cm³/mol. The molecule has 0 spiro atoms. The molecule has 0 aliphatic heterocycles. The Bertz CT molecular complexity index is 214. The molecule has 0 radical (unpaired) electrons. The molecule has 0 aromatic carbocycles. The van der Waals surface area contributed by atoms with Gasteiger partial charge in [-0.15, -0.1) is 0 Å². The fourth-order valence-corrected chi connectivity index (χ4v) is 0.758. The topological polar surface area (TPSA) is 38.3 Å². The Morgan fingerprint density at radius 1 is 1.38 bits per heavy atom. The largest absolute Gasteiger partial charge is 0.372 e. The summed E-state index contributed by atoms with van der Waals surface area (Å²) in [6, 6.07) is 0. The molecule has 16 heavy (non-hydrogen) atoms. The summed E-state index contributed by atoms with van der Waals surface area (Å²) in [6.45, 7) is 11.2. The third kappa shape index (κ3) is 15.5. The van der Waals surface area contributed by atoms with Gasteiger partial charge in [0.2, 0.25) is 5.91 Å². The van der Waals surface area contributed by atoms with Gasteiger partial charge in [-0.2, -0.15) is 0 Å². The van der Waals surface area contributed by atoms with Gasteiger partial charge < -0.3 is 10.1 Å². The van der Waals surface area contributed by atoms with E-state index in [1.807, 2.05) is 34.6 Å². The first-order valence-corrected chi connectivity index (χ1v) is 5.99. The molecule has 0 aromatic heterocycles. The molecule has 1 amide bonds. The van der Waals surface area contributed by atoms with Crippen molar-refractivity contribution in [2.75, 3.05) is 19.8 Å². The number of ether oxygens (including phenoxy) is 1. The highest BCUT2D eigenvalue weighted by atomic mass is 16.5. The van der Waals surface area contributed by atoms with Crippen LogP contribution >= 0.6 is 0 Å². The highest BCUT2D eigenvalue weighted by molar-refractivity contribution is 5.77. The van der Waals surface area contributed by atoms with Crippen molar-refractivity contribution in [2.24, 2.45) is 5.92 Å². The van der Waals surface area contributed by atoms with Gasteiger partial charge in [-0.25, -0.2) is 0 Å². The zero-order valence-corrected chi connectivity index (χ0v) is 11.2. The Morgan fingerprint density at radius 2 is 2.00 bits per heavy atom. The van der Waals surface area contributed by atoms with Crippen molar-refractivity contribution in [2.45, 2.75) is 41.0 Å². The number of rotatable bonds is 5. The lowest BCUT2D eigenvalue weighted by molar-refractivity contribution is -0.125. The average molecular weight is 227 g/mol. The normalized spacial score (nSPS) is 8.62. The number of hydrogen-bond donors (Lipinski definition) is 1. The molecule has 0 aliphatic rings. The third-order valence-corrected chi connectivity index (χ3v) is 1.35. The smallest absolute Gasteiger partial charge is 0.246 e. The Balaban J connectivity index is 0. The van der Waals surface area contributed by atoms with Crippen molar-refractivity contribution in [1.29, 1.82) is 0 Å². The first-order valence-electron chi connectivity index (χ1n) is 5.99. The van der Waals surface area contributed by atoms with Crippen LogP contribution in [0, 0.1) is 17.8 Å². The van der Waals surface area contributed by atoms with Crippen LogP contribution in [0.2, 0.25) is 0 Å². The van der Waals surface area contributed by atoms with E-state index in [9.17, 15) is 4.79 Å². The van der Waals surface area contributed by atoms with Gasteiger partial charge in [0.15, 0.2) is 0 Å². The highest BCUT2D eigenvalue weighted by Gasteiger charge is 1.97. The van der Waals surface area contributed by atoms with Crippen LogP contribution in [-0.4, -0.2) is 25.7 Å². The van der Waals surface area contributed by atoms with E-state index in [2.05, 4.69) is 17.2 Å². The summed E-state index contributed by atoms with van der Waals surface area (Å²) in [7, 11) is 0. The van der Waals surface area contributed by atoms with Crippen LogP contribution in [0.1, 0.15) is 41.0 Å². The van der Waals surface area contributed by atoms with E-state index in [0.717, 1.165) is 6.42 Å². The zero-order chi connectivity index (χ0) is 12.8. The highest BCUT2D eigenvalue weighted by Crippen LogP contribution is 1.84. The molecule has 3 nitrogen and oxygen atoms in total. The third-order valence-electron chi connectivity index (χ3n) is 1.35. The maximum atomic E-state index is 11.1. The second-order valence-electron chi connectivity index (χ2n) is 3.31. The molecule has 0 aliphatic carbocycles. The Labute approximate surface area is 99.9 Å². The molecule has 3 heteroatoms. The molecule has 94 valence electrons. The molecule has 0 bridgehead atoms. The van der Waals surface area contributed by atoms with Crippen molar-refractivity contribution in [3.63, 3.8) is 0 Å². The lowest BCUT2D eigenvalue weighted by atomic mass is 10.2. The summed E-state index contributed by atoms with van der Waals surface area (Å²) in [6.07, 6.45) is 0.931. The van der Waals surface area contributed by atoms with Gasteiger partial charge in [0.1, 0.15) is 6.61 Å². The van der Waals surface area contributed by atoms with Crippen molar-refractivity contribution >= 4 is 5.91 Å². The fraction of sp³-hybridized carbons (Fsp3) is 0.769. The average Bonchev–Trinajstić information content (AvgIpc) is 2.27. The van der Waals surface area contributed by atoms with Crippen molar-refractivity contribution in [1.82, 2.24) is 5.32 Å². The molecule has 0 saturated heterocycles. The molecular formula is C13H25NO2. The van der Waals surface area contributed by atoms with Gasteiger partial charge in [0.05, 0.1) is 6.54 Å². The molecule has 0 atom stereocenters. The van der Waals surface area contributed by atoms with Crippen LogP contribution in [0.15, 0.2) is 0 Å². The van der Waals surface area contributed by atoms with Crippen LogP contribution < -0.4 is 5.32 Å². The number of nitrogens with one attached hydrogen (secondary N) is 1. The second-order valence-corrected chi connectivity index (χ2v) is 3.31. The van der Waals surface area contributed by atoms with Crippen molar-refractivity contribution in [3.8, 4) is 11.8 Å². The van der Waals surface area contributed by atoms with Crippen LogP contribution in [0.4, 0.5) is 0 Å². The first-order chi connectivity index (χ1) is 7.66. The molecule has 1 N–H and O–H groups in total. The van der Waals surface area contributed by atoms with Crippen LogP contribution in [0.25, 0.3) is 0 Å². The van der Waals surface area contributed by atoms with E-state index >= 15 is 0 Å². The summed E-state index contributed by atoms with van der Waals surface area (Å²) in [5.74, 6) is 6.08. The van der Waals surface area contributed by atoms with Gasteiger partial charge >= 0.3 is 0 Å². The molecular weight excluding hydrogens is 202 g/mol. The lowest BCUT2D eigenvalue weighted by Gasteiger charge is -2.01. The van der Waals surface area contributed by atoms with Crippen molar-refractivity contribution in [3.05, 3.63) is 0 Å². The zero-order valence-electron chi connectivity index (χ0n) is 11.2. The molecule has 0 aromatic rings. The summed E-state index contributed by atoms with van der Waals surface area (Å²) < 4.78 is 5.06. The minimum absolute atomic E-state index is 0.100. The molecule has 0 saturated carbocycles. The maximum Gasteiger partial charge on any atom is 0.246 e. The Morgan fingerprint density at radius 3 is 2.50 bits per heavy atom. The van der Waals surface area contributed by atoms with Crippen LogP contribution in [-0.2, 0) is 9.53 Å². The first kappa shape index (κ1) is 17.4. The molecule has 0 rings (SSSR count). The minimum Gasteiger partial charge on any atom is -0.372 e. The number of carbonyl (C=O) groups excluding carboxylic acids is 1. The number of amides is 1. The van der Waals surface area contributed by atoms with E-state index in [0.29, 0.717) is 19.1 Å². The Kier molecular flexibility index (Phi) is 15.2. The van der Waals surface area contributed by atoms with Gasteiger partial charge in [-0.1, -0.05) is 46.5 Å². The molecule has 0 heterocycles. The predicted octanol–water partition coefficient (Wildman–Crippen LogP) is 2.21. The quantitative estimate of drug-likeness (QED) is 0.577. The van der Waals surface area contributed by atoms with E-state index in [4.69, 9.17) is 4.74 Å². The number of hydrogen-bond acceptors (Lipinski definition) is 2. The van der Waals surface area contributed by atoms with E-state index in [-0.39, 0.29) is 12.5 Å². The molecule has 0 unspecified atom stereocenters.